The predicted molar refractivity (Wildman–Crippen MR) is 87.5 cm³/mol. The van der Waals surface area contributed by atoms with Crippen molar-refractivity contribution in [1.29, 1.82) is 0 Å². The fourth-order valence-corrected chi connectivity index (χ4v) is 3.69. The Hall–Kier alpha value is -1.26. The number of hydrogen-bond donors (Lipinski definition) is 3. The van der Waals surface area contributed by atoms with Gasteiger partial charge in [-0.3, -0.25) is 4.79 Å². The van der Waals surface area contributed by atoms with Gasteiger partial charge in [-0.25, -0.2) is 4.79 Å². The first-order chi connectivity index (χ1) is 10.6. The molecule has 5 nitrogen and oxygen atoms in total. The van der Waals surface area contributed by atoms with E-state index in [1.807, 2.05) is 0 Å². The highest BCUT2D eigenvalue weighted by Gasteiger charge is 2.28. The number of rotatable bonds is 4. The SMILES string of the molecule is CC1CCCC(NC(=O)NCC(=O)NC2CCCCC2)C1C. The molecule has 0 radical (unpaired) electrons. The van der Waals surface area contributed by atoms with E-state index in [9.17, 15) is 9.59 Å². The van der Waals surface area contributed by atoms with Crippen LogP contribution in [0.1, 0.15) is 65.2 Å². The number of carbonyl (C=O) groups is 2. The van der Waals surface area contributed by atoms with E-state index in [2.05, 4.69) is 29.8 Å². The molecule has 22 heavy (non-hydrogen) atoms. The quantitative estimate of drug-likeness (QED) is 0.747. The van der Waals surface area contributed by atoms with Crippen molar-refractivity contribution in [3.05, 3.63) is 0 Å². The molecule has 2 fully saturated rings. The highest BCUT2D eigenvalue weighted by Crippen LogP contribution is 2.29. The molecular formula is C17H31N3O2. The second-order valence-electron chi connectivity index (χ2n) is 7.10. The molecular weight excluding hydrogens is 278 g/mol. The van der Waals surface area contributed by atoms with E-state index in [4.69, 9.17) is 0 Å². The first kappa shape index (κ1) is 17.1. The molecule has 3 unspecified atom stereocenters. The van der Waals surface area contributed by atoms with Crippen LogP contribution in [0.3, 0.4) is 0 Å². The average molecular weight is 309 g/mol. The Morgan fingerprint density at radius 2 is 1.64 bits per heavy atom. The molecule has 0 bridgehead atoms. The number of carbonyl (C=O) groups excluding carboxylic acids is 2. The summed E-state index contributed by atoms with van der Waals surface area (Å²) in [4.78, 5) is 23.8. The maximum absolute atomic E-state index is 12.0. The van der Waals surface area contributed by atoms with Crippen molar-refractivity contribution in [2.24, 2.45) is 11.8 Å². The normalized spacial score (nSPS) is 29.6. The van der Waals surface area contributed by atoms with E-state index in [1.54, 1.807) is 0 Å². The Labute approximate surface area is 134 Å². The summed E-state index contributed by atoms with van der Waals surface area (Å²) >= 11 is 0. The maximum Gasteiger partial charge on any atom is 0.315 e. The summed E-state index contributed by atoms with van der Waals surface area (Å²) in [5.41, 5.74) is 0. The third kappa shape index (κ3) is 5.18. The third-order valence-electron chi connectivity index (χ3n) is 5.40. The molecule has 0 aliphatic heterocycles. The van der Waals surface area contributed by atoms with Crippen LogP contribution in [-0.4, -0.2) is 30.6 Å². The molecule has 0 aromatic carbocycles. The van der Waals surface area contributed by atoms with E-state index in [0.29, 0.717) is 17.9 Å². The lowest BCUT2D eigenvalue weighted by Crippen LogP contribution is -2.50. The summed E-state index contributed by atoms with van der Waals surface area (Å²) in [6.07, 6.45) is 9.22. The van der Waals surface area contributed by atoms with Gasteiger partial charge in [0.15, 0.2) is 0 Å². The zero-order chi connectivity index (χ0) is 15.9. The van der Waals surface area contributed by atoms with Gasteiger partial charge in [0.25, 0.3) is 0 Å². The minimum Gasteiger partial charge on any atom is -0.352 e. The highest BCUT2D eigenvalue weighted by atomic mass is 16.2. The Bertz CT molecular complexity index is 380. The minimum absolute atomic E-state index is 0.0684. The first-order valence-corrected chi connectivity index (χ1v) is 8.90. The maximum atomic E-state index is 12.0. The second-order valence-corrected chi connectivity index (χ2v) is 7.10. The van der Waals surface area contributed by atoms with E-state index < -0.39 is 0 Å². The number of nitrogens with one attached hydrogen (secondary N) is 3. The zero-order valence-electron chi connectivity index (χ0n) is 14.0. The molecule has 0 aromatic rings. The lowest BCUT2D eigenvalue weighted by molar-refractivity contribution is -0.121. The van der Waals surface area contributed by atoms with Crippen molar-refractivity contribution in [3.63, 3.8) is 0 Å². The molecule has 3 N–H and O–H groups in total. The molecule has 2 aliphatic carbocycles. The molecule has 0 spiro atoms. The standard InChI is InChI=1S/C17H31N3O2/c1-12-7-6-10-15(13(12)2)20-17(22)18-11-16(21)19-14-8-4-3-5-9-14/h12-15H,3-11H2,1-2H3,(H,19,21)(H2,18,20,22). The smallest absolute Gasteiger partial charge is 0.315 e. The fourth-order valence-electron chi connectivity index (χ4n) is 3.69. The summed E-state index contributed by atoms with van der Waals surface area (Å²) in [6, 6.07) is 0.306. The van der Waals surface area contributed by atoms with Crippen molar-refractivity contribution < 1.29 is 9.59 Å². The molecule has 0 aromatic heterocycles. The summed E-state index contributed by atoms with van der Waals surface area (Å²) in [6.45, 7) is 4.51. The van der Waals surface area contributed by atoms with Gasteiger partial charge in [0.05, 0.1) is 6.54 Å². The summed E-state index contributed by atoms with van der Waals surface area (Å²) < 4.78 is 0. The van der Waals surface area contributed by atoms with Gasteiger partial charge in [-0.15, -0.1) is 0 Å². The van der Waals surface area contributed by atoms with Crippen molar-refractivity contribution in [2.75, 3.05) is 6.54 Å². The Balaban J connectivity index is 1.65. The molecule has 3 atom stereocenters. The lowest BCUT2D eigenvalue weighted by Gasteiger charge is -2.34. The van der Waals surface area contributed by atoms with Crippen LogP contribution in [0.5, 0.6) is 0 Å². The zero-order valence-corrected chi connectivity index (χ0v) is 14.0. The molecule has 2 rings (SSSR count). The van der Waals surface area contributed by atoms with Gasteiger partial charge in [-0.05, 0) is 31.1 Å². The van der Waals surface area contributed by atoms with Crippen molar-refractivity contribution >= 4 is 11.9 Å². The topological polar surface area (TPSA) is 70.2 Å². The van der Waals surface area contributed by atoms with Gasteiger partial charge in [-0.1, -0.05) is 46.0 Å². The summed E-state index contributed by atoms with van der Waals surface area (Å²) in [5, 5.41) is 8.73. The number of amides is 3. The molecule has 2 aliphatic rings. The van der Waals surface area contributed by atoms with E-state index in [0.717, 1.165) is 19.3 Å². The van der Waals surface area contributed by atoms with Crippen molar-refractivity contribution in [3.8, 4) is 0 Å². The molecule has 126 valence electrons. The lowest BCUT2D eigenvalue weighted by atomic mass is 9.78. The predicted octanol–water partition coefficient (Wildman–Crippen LogP) is 2.56. The van der Waals surface area contributed by atoms with Crippen LogP contribution >= 0.6 is 0 Å². The number of urea groups is 1. The Morgan fingerprint density at radius 3 is 2.36 bits per heavy atom. The summed E-state index contributed by atoms with van der Waals surface area (Å²) in [5.74, 6) is 1.07. The van der Waals surface area contributed by atoms with Gasteiger partial charge >= 0.3 is 6.03 Å². The Morgan fingerprint density at radius 1 is 0.909 bits per heavy atom. The van der Waals surface area contributed by atoms with Crippen LogP contribution in [0, 0.1) is 11.8 Å². The van der Waals surface area contributed by atoms with E-state index in [-0.39, 0.29) is 24.5 Å². The van der Waals surface area contributed by atoms with Crippen LogP contribution in [0.2, 0.25) is 0 Å². The average Bonchev–Trinajstić information content (AvgIpc) is 2.51. The largest absolute Gasteiger partial charge is 0.352 e. The van der Waals surface area contributed by atoms with E-state index >= 15 is 0 Å². The van der Waals surface area contributed by atoms with Gasteiger partial charge in [0.1, 0.15) is 0 Å². The van der Waals surface area contributed by atoms with Crippen LogP contribution in [0.15, 0.2) is 0 Å². The van der Waals surface area contributed by atoms with Gasteiger partial charge in [0.2, 0.25) is 5.91 Å². The first-order valence-electron chi connectivity index (χ1n) is 8.90. The second kappa shape index (κ2) is 8.39. The number of hydrogen-bond acceptors (Lipinski definition) is 2. The van der Waals surface area contributed by atoms with Crippen LogP contribution in [0.4, 0.5) is 4.79 Å². The third-order valence-corrected chi connectivity index (χ3v) is 5.40. The minimum atomic E-state index is -0.218. The van der Waals surface area contributed by atoms with Gasteiger partial charge in [-0.2, -0.15) is 0 Å². The van der Waals surface area contributed by atoms with Gasteiger partial charge < -0.3 is 16.0 Å². The van der Waals surface area contributed by atoms with Crippen molar-refractivity contribution in [2.45, 2.75) is 77.3 Å². The monoisotopic (exact) mass is 309 g/mol. The fraction of sp³-hybridized carbons (Fsp3) is 0.882. The summed E-state index contributed by atoms with van der Waals surface area (Å²) in [7, 11) is 0. The van der Waals surface area contributed by atoms with Crippen molar-refractivity contribution in [1.82, 2.24) is 16.0 Å². The van der Waals surface area contributed by atoms with Crippen LogP contribution in [0.25, 0.3) is 0 Å². The van der Waals surface area contributed by atoms with Crippen LogP contribution < -0.4 is 16.0 Å². The highest BCUT2D eigenvalue weighted by molar-refractivity contribution is 5.84. The Kier molecular flexibility index (Phi) is 6.52. The molecule has 2 saturated carbocycles. The van der Waals surface area contributed by atoms with Gasteiger partial charge in [0, 0.05) is 12.1 Å². The molecule has 0 heterocycles. The van der Waals surface area contributed by atoms with Crippen LogP contribution in [-0.2, 0) is 4.79 Å². The van der Waals surface area contributed by atoms with E-state index in [1.165, 1.54) is 32.1 Å². The molecule has 0 saturated heterocycles. The molecule has 3 amide bonds. The molecule has 5 heteroatoms.